The summed E-state index contributed by atoms with van der Waals surface area (Å²) in [5.41, 5.74) is 0.144. The van der Waals surface area contributed by atoms with E-state index in [-0.39, 0.29) is 43.5 Å². The van der Waals surface area contributed by atoms with Gasteiger partial charge in [0, 0.05) is 37.9 Å². The van der Waals surface area contributed by atoms with Crippen molar-refractivity contribution in [3.05, 3.63) is 54.2 Å². The quantitative estimate of drug-likeness (QED) is 0.679. The van der Waals surface area contributed by atoms with E-state index in [9.17, 15) is 18.0 Å². The SMILES string of the molecule is COc1cccc(NC(=O)N2CCN(c3nc4ccccc4nc3C(F)(F)F)CC2)c1. The monoisotopic (exact) mass is 431 g/mol. The maximum absolute atomic E-state index is 13.6. The fourth-order valence-corrected chi connectivity index (χ4v) is 3.43. The number of alkyl halides is 3. The molecule has 10 heteroatoms. The number of para-hydroxylation sites is 2. The van der Waals surface area contributed by atoms with Crippen LogP contribution in [-0.2, 0) is 6.18 Å². The number of carbonyl (C=O) groups is 1. The first kappa shape index (κ1) is 20.7. The predicted octanol–water partition coefficient (Wildman–Crippen LogP) is 4.01. The molecule has 31 heavy (non-hydrogen) atoms. The van der Waals surface area contributed by atoms with E-state index in [1.54, 1.807) is 47.4 Å². The van der Waals surface area contributed by atoms with Crippen LogP contribution in [0.3, 0.4) is 0 Å². The average molecular weight is 431 g/mol. The minimum atomic E-state index is -4.63. The van der Waals surface area contributed by atoms with E-state index < -0.39 is 11.9 Å². The molecule has 3 aromatic rings. The van der Waals surface area contributed by atoms with Crippen molar-refractivity contribution < 1.29 is 22.7 Å². The second-order valence-electron chi connectivity index (χ2n) is 7.02. The molecule has 0 unspecified atom stereocenters. The highest BCUT2D eigenvalue weighted by atomic mass is 19.4. The van der Waals surface area contributed by atoms with Gasteiger partial charge < -0.3 is 19.9 Å². The van der Waals surface area contributed by atoms with Gasteiger partial charge in [-0.15, -0.1) is 0 Å². The summed E-state index contributed by atoms with van der Waals surface area (Å²) in [5, 5.41) is 2.78. The molecule has 0 aliphatic carbocycles. The minimum Gasteiger partial charge on any atom is -0.497 e. The van der Waals surface area contributed by atoms with Gasteiger partial charge in [0.25, 0.3) is 0 Å². The number of hydrogen-bond donors (Lipinski definition) is 1. The van der Waals surface area contributed by atoms with Crippen LogP contribution in [0.25, 0.3) is 11.0 Å². The summed E-state index contributed by atoms with van der Waals surface area (Å²) in [7, 11) is 1.53. The smallest absolute Gasteiger partial charge is 0.437 e. The highest BCUT2D eigenvalue weighted by Crippen LogP contribution is 2.35. The summed E-state index contributed by atoms with van der Waals surface area (Å²) in [6.45, 7) is 0.923. The van der Waals surface area contributed by atoms with Crippen LogP contribution in [0.15, 0.2) is 48.5 Å². The second kappa shape index (κ2) is 8.29. The van der Waals surface area contributed by atoms with Crippen molar-refractivity contribution in [1.29, 1.82) is 0 Å². The van der Waals surface area contributed by atoms with E-state index in [2.05, 4.69) is 15.3 Å². The molecule has 1 aromatic heterocycles. The molecule has 0 bridgehead atoms. The number of urea groups is 1. The predicted molar refractivity (Wildman–Crippen MR) is 110 cm³/mol. The Labute approximate surface area is 176 Å². The van der Waals surface area contributed by atoms with Crippen molar-refractivity contribution in [3.63, 3.8) is 0 Å². The Morgan fingerprint density at radius 3 is 2.32 bits per heavy atom. The Kier molecular flexibility index (Phi) is 5.53. The molecule has 1 saturated heterocycles. The summed E-state index contributed by atoms with van der Waals surface area (Å²) >= 11 is 0. The highest BCUT2D eigenvalue weighted by Gasteiger charge is 2.39. The standard InChI is InChI=1S/C21H20F3N5O2/c1-31-15-6-4-5-14(13-15)25-20(30)29-11-9-28(10-12-29)19-18(21(22,23)24)26-16-7-2-3-8-17(16)27-19/h2-8,13H,9-12H2,1H3,(H,25,30). The van der Waals surface area contributed by atoms with Crippen molar-refractivity contribution in [2.24, 2.45) is 0 Å². The molecule has 1 fully saturated rings. The van der Waals surface area contributed by atoms with E-state index >= 15 is 0 Å². The molecule has 2 heterocycles. The largest absolute Gasteiger partial charge is 0.497 e. The normalized spacial score (nSPS) is 14.6. The number of rotatable bonds is 3. The summed E-state index contributed by atoms with van der Waals surface area (Å²) in [6, 6.07) is 13.1. The fraction of sp³-hybridized carbons (Fsp3) is 0.286. The summed E-state index contributed by atoms with van der Waals surface area (Å²) < 4.78 is 46.0. The van der Waals surface area contributed by atoms with Gasteiger partial charge in [0.2, 0.25) is 0 Å². The number of aromatic nitrogens is 2. The number of fused-ring (bicyclic) bond motifs is 1. The van der Waals surface area contributed by atoms with Crippen LogP contribution in [0.1, 0.15) is 5.69 Å². The van der Waals surface area contributed by atoms with Crippen LogP contribution in [-0.4, -0.2) is 54.2 Å². The molecule has 162 valence electrons. The minimum absolute atomic E-state index is 0.190. The molecule has 2 aromatic carbocycles. The van der Waals surface area contributed by atoms with E-state index in [0.29, 0.717) is 17.0 Å². The Bertz CT molecular complexity index is 1100. The van der Waals surface area contributed by atoms with Crippen LogP contribution in [0, 0.1) is 0 Å². The van der Waals surface area contributed by atoms with Crippen LogP contribution < -0.4 is 15.0 Å². The van der Waals surface area contributed by atoms with Gasteiger partial charge in [-0.2, -0.15) is 13.2 Å². The number of methoxy groups -OCH3 is 1. The molecule has 0 saturated carbocycles. The van der Waals surface area contributed by atoms with Crippen molar-refractivity contribution in [2.45, 2.75) is 6.18 Å². The maximum Gasteiger partial charge on any atom is 0.437 e. The number of benzene rings is 2. The van der Waals surface area contributed by atoms with Gasteiger partial charge in [-0.25, -0.2) is 14.8 Å². The molecule has 2 amide bonds. The zero-order valence-corrected chi connectivity index (χ0v) is 16.7. The van der Waals surface area contributed by atoms with Gasteiger partial charge in [0.15, 0.2) is 11.5 Å². The Morgan fingerprint density at radius 1 is 1.00 bits per heavy atom. The first-order chi connectivity index (χ1) is 14.8. The first-order valence-corrected chi connectivity index (χ1v) is 9.64. The van der Waals surface area contributed by atoms with Gasteiger partial charge in [0.05, 0.1) is 18.1 Å². The number of nitrogens with one attached hydrogen (secondary N) is 1. The molecule has 1 aliphatic rings. The van der Waals surface area contributed by atoms with Crippen molar-refractivity contribution >= 4 is 28.6 Å². The third-order valence-corrected chi connectivity index (χ3v) is 5.01. The van der Waals surface area contributed by atoms with Gasteiger partial charge in [-0.3, -0.25) is 0 Å². The van der Waals surface area contributed by atoms with Crippen molar-refractivity contribution in [3.8, 4) is 5.75 Å². The number of piperazine rings is 1. The van der Waals surface area contributed by atoms with Gasteiger partial charge in [0.1, 0.15) is 5.75 Å². The second-order valence-corrected chi connectivity index (χ2v) is 7.02. The van der Waals surface area contributed by atoms with E-state index in [4.69, 9.17) is 4.74 Å². The number of carbonyl (C=O) groups excluding carboxylic acids is 1. The molecule has 1 N–H and O–H groups in total. The molecule has 1 aliphatic heterocycles. The summed E-state index contributed by atoms with van der Waals surface area (Å²) in [5.74, 6) is 0.399. The zero-order valence-electron chi connectivity index (χ0n) is 16.7. The Hall–Kier alpha value is -3.56. The van der Waals surface area contributed by atoms with E-state index in [1.807, 2.05) is 0 Å². The maximum atomic E-state index is 13.6. The lowest BCUT2D eigenvalue weighted by atomic mass is 10.2. The third kappa shape index (κ3) is 4.47. The number of anilines is 2. The van der Waals surface area contributed by atoms with Gasteiger partial charge >= 0.3 is 12.2 Å². The number of hydrogen-bond acceptors (Lipinski definition) is 5. The highest BCUT2D eigenvalue weighted by molar-refractivity contribution is 5.89. The molecule has 0 spiro atoms. The number of amides is 2. The van der Waals surface area contributed by atoms with Crippen molar-refractivity contribution in [1.82, 2.24) is 14.9 Å². The zero-order chi connectivity index (χ0) is 22.0. The van der Waals surface area contributed by atoms with Gasteiger partial charge in [-0.1, -0.05) is 18.2 Å². The molecule has 4 rings (SSSR count). The number of nitrogens with zero attached hydrogens (tertiary/aromatic N) is 4. The number of ether oxygens (including phenoxy) is 1. The fourth-order valence-electron chi connectivity index (χ4n) is 3.43. The van der Waals surface area contributed by atoms with E-state index in [0.717, 1.165) is 0 Å². The molecule has 7 nitrogen and oxygen atoms in total. The topological polar surface area (TPSA) is 70.6 Å². The lowest BCUT2D eigenvalue weighted by molar-refractivity contribution is -0.140. The Morgan fingerprint density at radius 2 is 1.68 bits per heavy atom. The van der Waals surface area contributed by atoms with Crippen LogP contribution >= 0.6 is 0 Å². The van der Waals surface area contributed by atoms with E-state index in [1.165, 1.54) is 18.1 Å². The average Bonchev–Trinajstić information content (AvgIpc) is 2.78. The van der Waals surface area contributed by atoms with Gasteiger partial charge in [-0.05, 0) is 24.3 Å². The summed E-state index contributed by atoms with van der Waals surface area (Å²) in [4.78, 5) is 23.7. The third-order valence-electron chi connectivity index (χ3n) is 5.01. The van der Waals surface area contributed by atoms with Crippen LogP contribution in [0.2, 0.25) is 0 Å². The summed E-state index contributed by atoms with van der Waals surface area (Å²) in [6.07, 6.45) is -4.63. The Balaban J connectivity index is 1.49. The van der Waals surface area contributed by atoms with Crippen molar-refractivity contribution in [2.75, 3.05) is 43.5 Å². The number of halogens is 3. The lowest BCUT2D eigenvalue weighted by Crippen LogP contribution is -2.50. The molecular formula is C21H20F3N5O2. The molecule has 0 atom stereocenters. The van der Waals surface area contributed by atoms with Crippen LogP contribution in [0.5, 0.6) is 5.75 Å². The lowest BCUT2D eigenvalue weighted by Gasteiger charge is -2.36. The van der Waals surface area contributed by atoms with Crippen LogP contribution in [0.4, 0.5) is 29.5 Å². The first-order valence-electron chi connectivity index (χ1n) is 9.64. The molecular weight excluding hydrogens is 411 g/mol. The molecule has 0 radical (unpaired) electrons.